The molecule has 1 fully saturated rings. The fourth-order valence-corrected chi connectivity index (χ4v) is 5.11. The molecule has 1 aromatic heterocycles. The molecule has 0 spiro atoms. The number of hydrogen-bond donors (Lipinski definition) is 2. The monoisotopic (exact) mass is 532 g/mol. The molecule has 2 aliphatic heterocycles. The lowest BCUT2D eigenvalue weighted by molar-refractivity contribution is 0.0932. The Hall–Kier alpha value is -1.51. The van der Waals surface area contributed by atoms with Gasteiger partial charge in [-0.15, -0.1) is 0 Å². The summed E-state index contributed by atoms with van der Waals surface area (Å²) in [6.45, 7) is 1.93. The van der Waals surface area contributed by atoms with Crippen LogP contribution in [0.15, 0.2) is 47.3 Å². The van der Waals surface area contributed by atoms with Crippen molar-refractivity contribution in [2.24, 2.45) is 5.92 Å². The molecule has 3 heterocycles. The first kappa shape index (κ1) is 23.6. The number of pyridine rings is 1. The van der Waals surface area contributed by atoms with Gasteiger partial charge in [-0.2, -0.15) is 0 Å². The number of thiocarbonyl (C=S) groups is 1. The molecule has 170 valence electrons. The Balaban J connectivity index is 1.47. The minimum Gasteiger partial charge on any atom is -0.348 e. The number of carbonyl (C=O) groups is 1. The third-order valence-electron chi connectivity index (χ3n) is 5.72. The lowest BCUT2D eigenvalue weighted by atomic mass is 9.83. The van der Waals surface area contributed by atoms with E-state index in [0.717, 1.165) is 12.1 Å². The first-order valence-corrected chi connectivity index (χ1v) is 11.9. The number of fused-ring (bicyclic) bond motifs is 4. The first-order chi connectivity index (χ1) is 15.1. The van der Waals surface area contributed by atoms with E-state index in [-0.39, 0.29) is 17.4 Å². The van der Waals surface area contributed by atoms with Crippen molar-refractivity contribution in [1.82, 2.24) is 20.1 Å². The smallest absolute Gasteiger partial charge is 0.253 e. The summed E-state index contributed by atoms with van der Waals surface area (Å²) in [5.74, 6) is -0.0141. The number of carbonyl (C=O) groups excluding carboxylic acids is 1. The summed E-state index contributed by atoms with van der Waals surface area (Å²) in [7, 11) is 0. The Labute approximate surface area is 210 Å². The molecule has 4 rings (SSSR count). The van der Waals surface area contributed by atoms with Crippen molar-refractivity contribution in [2.75, 3.05) is 13.1 Å². The molecule has 0 unspecified atom stereocenters. The van der Waals surface area contributed by atoms with Gasteiger partial charge in [0.2, 0.25) is 3.79 Å². The lowest BCUT2D eigenvalue weighted by Crippen LogP contribution is -2.60. The zero-order valence-electron chi connectivity index (χ0n) is 16.7. The molecular formula is C21H20Cl4N4O2S. The second-order valence-corrected chi connectivity index (χ2v) is 11.2. The van der Waals surface area contributed by atoms with E-state index >= 15 is 0 Å². The van der Waals surface area contributed by atoms with Crippen molar-refractivity contribution in [3.8, 4) is 0 Å². The van der Waals surface area contributed by atoms with E-state index in [1.807, 2.05) is 15.5 Å². The minimum absolute atomic E-state index is 0.0198. The van der Waals surface area contributed by atoms with Crippen LogP contribution in [0.3, 0.4) is 0 Å². The molecule has 0 aliphatic carbocycles. The Morgan fingerprint density at radius 1 is 1.09 bits per heavy atom. The van der Waals surface area contributed by atoms with Crippen molar-refractivity contribution in [3.63, 3.8) is 0 Å². The zero-order chi connectivity index (χ0) is 23.0. The van der Waals surface area contributed by atoms with Crippen LogP contribution in [0.4, 0.5) is 0 Å². The zero-order valence-corrected chi connectivity index (χ0v) is 20.6. The Morgan fingerprint density at radius 3 is 2.56 bits per heavy atom. The van der Waals surface area contributed by atoms with Crippen LogP contribution >= 0.6 is 58.6 Å². The number of likely N-dealkylation sites (tertiary alicyclic amines) is 1. The number of amides is 1. The standard InChI is InChI=1S/C21H20Cl4N4O2S/c22-15-4-1-3-13(8-15)18(31)26-19(21(23,24)25)27-20(32)28-9-12-7-14(11-28)16-5-2-6-17(30)29(16)10-12/h1-6,8,12,14,19H,7,9-11H2,(H,26,31)(H,27,32)/t12-,14+,19+/m0/s1. The second-order valence-electron chi connectivity index (χ2n) is 8.01. The quantitative estimate of drug-likeness (QED) is 0.355. The van der Waals surface area contributed by atoms with Crippen LogP contribution in [-0.2, 0) is 6.54 Å². The summed E-state index contributed by atoms with van der Waals surface area (Å²) in [6.07, 6.45) is -0.0785. The first-order valence-electron chi connectivity index (χ1n) is 10.00. The largest absolute Gasteiger partial charge is 0.348 e. The van der Waals surface area contributed by atoms with Crippen LogP contribution in [0.2, 0.25) is 5.02 Å². The number of nitrogens with zero attached hydrogens (tertiary/aromatic N) is 2. The normalized spacial score (nSPS) is 20.8. The maximum Gasteiger partial charge on any atom is 0.253 e. The van der Waals surface area contributed by atoms with Crippen LogP contribution in [-0.4, -0.2) is 43.5 Å². The molecule has 1 saturated heterocycles. The van der Waals surface area contributed by atoms with Crippen LogP contribution in [0.25, 0.3) is 0 Å². The van der Waals surface area contributed by atoms with Crippen molar-refractivity contribution < 1.29 is 4.79 Å². The molecule has 0 radical (unpaired) electrons. The number of alkyl halides is 3. The number of rotatable bonds is 3. The van der Waals surface area contributed by atoms with E-state index in [1.165, 1.54) is 6.07 Å². The van der Waals surface area contributed by atoms with E-state index in [1.54, 1.807) is 30.3 Å². The summed E-state index contributed by atoms with van der Waals surface area (Å²) >= 11 is 30.0. The van der Waals surface area contributed by atoms with E-state index in [9.17, 15) is 9.59 Å². The predicted molar refractivity (Wildman–Crippen MR) is 132 cm³/mol. The maximum atomic E-state index is 12.7. The van der Waals surface area contributed by atoms with Gasteiger partial charge in [0.1, 0.15) is 6.17 Å². The van der Waals surface area contributed by atoms with Gasteiger partial charge in [0, 0.05) is 47.9 Å². The van der Waals surface area contributed by atoms with E-state index in [0.29, 0.717) is 35.3 Å². The number of nitrogens with one attached hydrogen (secondary N) is 2. The van der Waals surface area contributed by atoms with Crippen LogP contribution in [0.1, 0.15) is 28.4 Å². The van der Waals surface area contributed by atoms with Crippen molar-refractivity contribution in [3.05, 3.63) is 69.1 Å². The van der Waals surface area contributed by atoms with Crippen molar-refractivity contribution in [2.45, 2.75) is 28.8 Å². The van der Waals surface area contributed by atoms with Gasteiger partial charge in [-0.05, 0) is 48.8 Å². The van der Waals surface area contributed by atoms with Gasteiger partial charge >= 0.3 is 0 Å². The maximum absolute atomic E-state index is 12.7. The van der Waals surface area contributed by atoms with Gasteiger partial charge in [0.25, 0.3) is 11.5 Å². The molecular weight excluding hydrogens is 514 g/mol. The van der Waals surface area contributed by atoms with Gasteiger partial charge in [-0.1, -0.05) is 58.5 Å². The second kappa shape index (κ2) is 9.39. The summed E-state index contributed by atoms with van der Waals surface area (Å²) in [4.78, 5) is 26.9. The number of halogens is 4. The summed E-state index contributed by atoms with van der Waals surface area (Å²) in [6, 6.07) is 11.8. The van der Waals surface area contributed by atoms with Crippen LogP contribution < -0.4 is 16.2 Å². The molecule has 32 heavy (non-hydrogen) atoms. The van der Waals surface area contributed by atoms with Gasteiger partial charge in [-0.25, -0.2) is 0 Å². The average Bonchev–Trinajstić information content (AvgIpc) is 2.73. The molecule has 3 atom stereocenters. The van der Waals surface area contributed by atoms with Crippen LogP contribution in [0, 0.1) is 5.92 Å². The molecule has 2 bridgehead atoms. The van der Waals surface area contributed by atoms with E-state index in [4.69, 9.17) is 58.6 Å². The topological polar surface area (TPSA) is 66.4 Å². The highest BCUT2D eigenvalue weighted by atomic mass is 35.6. The fraction of sp³-hybridized carbons (Fsp3) is 0.381. The van der Waals surface area contributed by atoms with E-state index < -0.39 is 15.9 Å². The SMILES string of the molecule is O=C(N[C@H](NC(=S)N1C[C@@H]2C[C@H](C1)c1cccc(=O)n1C2)C(Cl)(Cl)Cl)c1cccc(Cl)c1. The predicted octanol–water partition coefficient (Wildman–Crippen LogP) is 3.92. The minimum atomic E-state index is -1.86. The highest BCUT2D eigenvalue weighted by Gasteiger charge is 2.39. The molecule has 6 nitrogen and oxygen atoms in total. The Bertz CT molecular complexity index is 1100. The molecule has 2 aliphatic rings. The number of piperidine rings is 1. The third-order valence-corrected chi connectivity index (χ3v) is 6.99. The lowest BCUT2D eigenvalue weighted by Gasteiger charge is -2.44. The molecule has 1 amide bonds. The number of benzene rings is 1. The molecule has 2 aromatic rings. The average molecular weight is 534 g/mol. The summed E-state index contributed by atoms with van der Waals surface area (Å²) in [5.41, 5.74) is 1.36. The summed E-state index contributed by atoms with van der Waals surface area (Å²) < 4.78 is -0.00809. The van der Waals surface area contributed by atoms with Gasteiger partial charge in [-0.3, -0.25) is 9.59 Å². The molecule has 0 saturated carbocycles. The number of aromatic nitrogens is 1. The Kier molecular flexibility index (Phi) is 6.94. The van der Waals surface area contributed by atoms with E-state index in [2.05, 4.69) is 10.6 Å². The highest BCUT2D eigenvalue weighted by Crippen LogP contribution is 2.35. The van der Waals surface area contributed by atoms with Crippen molar-refractivity contribution in [1.29, 1.82) is 0 Å². The molecule has 11 heteroatoms. The van der Waals surface area contributed by atoms with Crippen molar-refractivity contribution >= 4 is 69.6 Å². The third kappa shape index (κ3) is 5.18. The van der Waals surface area contributed by atoms with Gasteiger partial charge < -0.3 is 20.1 Å². The highest BCUT2D eigenvalue weighted by molar-refractivity contribution is 7.80. The van der Waals surface area contributed by atoms with Gasteiger partial charge in [0.05, 0.1) is 0 Å². The van der Waals surface area contributed by atoms with Crippen LogP contribution in [0.5, 0.6) is 0 Å². The number of hydrogen-bond acceptors (Lipinski definition) is 3. The molecule has 2 N–H and O–H groups in total. The van der Waals surface area contributed by atoms with Gasteiger partial charge in [0.15, 0.2) is 5.11 Å². The Morgan fingerprint density at radius 2 is 1.84 bits per heavy atom. The summed E-state index contributed by atoms with van der Waals surface area (Å²) in [5, 5.41) is 6.47. The fourth-order valence-electron chi connectivity index (χ4n) is 4.32. The molecule has 1 aromatic carbocycles.